The van der Waals surface area contributed by atoms with Gasteiger partial charge in [-0.15, -0.1) is 0 Å². The lowest BCUT2D eigenvalue weighted by Gasteiger charge is -2.45. The first-order chi connectivity index (χ1) is 28.4. The molecular weight excluding hydrogens is 701 g/mol. The Morgan fingerprint density at radius 2 is 0.759 bits per heavy atom. The number of nitrogens with zero attached hydrogens (tertiary/aromatic N) is 3. The van der Waals surface area contributed by atoms with E-state index in [9.17, 15) is 0 Å². The summed E-state index contributed by atoms with van der Waals surface area (Å²) in [5, 5.41) is 4.87. The first-order valence-electron chi connectivity index (χ1n) is 20.3. The molecule has 2 heterocycles. The molecule has 2 aliphatic rings. The summed E-state index contributed by atoms with van der Waals surface area (Å²) in [5.41, 5.74) is 19.4. The van der Waals surface area contributed by atoms with E-state index in [-0.39, 0.29) is 6.71 Å². The van der Waals surface area contributed by atoms with Crippen molar-refractivity contribution in [3.05, 3.63) is 204 Å². The Hall–Kier alpha value is -7.04. The lowest BCUT2D eigenvalue weighted by atomic mass is 9.33. The average Bonchev–Trinajstić information content (AvgIpc) is 3.24. The number of hydrogen-bond donors (Lipinski definition) is 0. The van der Waals surface area contributed by atoms with Crippen molar-refractivity contribution in [2.24, 2.45) is 0 Å². The van der Waals surface area contributed by atoms with Crippen molar-refractivity contribution >= 4 is 95.8 Å². The normalized spacial score (nSPS) is 12.7. The standard InChI is InChI=1S/C54H42BN3/c1-35-13-21-43(22-14-35)57-50-27-17-37(3)29-48(50)55-49-30-38(4)18-28-51(49)58(44-23-15-36(2)16-24-44)53-34-47(33-52(57)54(53)55)56(45-25-19-39-9-5-7-11-41(39)31-45)46-26-20-40-10-6-8-12-42(40)32-46/h5-34H,1-4H3. The highest BCUT2D eigenvalue weighted by Gasteiger charge is 2.44. The van der Waals surface area contributed by atoms with E-state index in [2.05, 4.69) is 224 Å². The third-order valence-corrected chi connectivity index (χ3v) is 12.2. The molecule has 0 aromatic heterocycles. The molecule has 0 unspecified atom stereocenters. The van der Waals surface area contributed by atoms with Crippen molar-refractivity contribution in [3.63, 3.8) is 0 Å². The Bertz CT molecular complexity index is 2870. The van der Waals surface area contributed by atoms with Gasteiger partial charge in [0, 0.05) is 45.5 Å². The van der Waals surface area contributed by atoms with Gasteiger partial charge in [-0.05, 0) is 138 Å². The maximum atomic E-state index is 2.51. The van der Waals surface area contributed by atoms with Gasteiger partial charge in [0.2, 0.25) is 0 Å². The van der Waals surface area contributed by atoms with Gasteiger partial charge in [0.1, 0.15) is 0 Å². The van der Waals surface area contributed by atoms with Crippen LogP contribution in [0.5, 0.6) is 0 Å². The van der Waals surface area contributed by atoms with Crippen LogP contribution in [-0.2, 0) is 0 Å². The molecule has 0 fully saturated rings. The van der Waals surface area contributed by atoms with Crippen molar-refractivity contribution in [2.45, 2.75) is 27.7 Å². The molecule has 3 nitrogen and oxygen atoms in total. The molecule has 9 aromatic rings. The highest BCUT2D eigenvalue weighted by molar-refractivity contribution is 7.00. The third kappa shape index (κ3) is 5.51. The van der Waals surface area contributed by atoms with E-state index in [0.29, 0.717) is 0 Å². The summed E-state index contributed by atoms with van der Waals surface area (Å²) in [5.74, 6) is 0. The van der Waals surface area contributed by atoms with Gasteiger partial charge in [0.25, 0.3) is 6.71 Å². The number of fused-ring (bicyclic) bond motifs is 6. The number of benzene rings is 9. The Labute approximate surface area is 341 Å². The lowest BCUT2D eigenvalue weighted by Crippen LogP contribution is -2.61. The van der Waals surface area contributed by atoms with E-state index in [1.54, 1.807) is 0 Å². The zero-order valence-corrected chi connectivity index (χ0v) is 33.2. The maximum Gasteiger partial charge on any atom is 0.252 e. The Morgan fingerprint density at radius 1 is 0.345 bits per heavy atom. The maximum absolute atomic E-state index is 2.51. The average molecular weight is 744 g/mol. The summed E-state index contributed by atoms with van der Waals surface area (Å²) in [4.78, 5) is 7.49. The Kier molecular flexibility index (Phi) is 7.84. The smallest absolute Gasteiger partial charge is 0.252 e. The second-order valence-corrected chi connectivity index (χ2v) is 16.2. The van der Waals surface area contributed by atoms with Crippen LogP contribution in [0.2, 0.25) is 0 Å². The Morgan fingerprint density at radius 3 is 1.21 bits per heavy atom. The van der Waals surface area contributed by atoms with Gasteiger partial charge in [0.15, 0.2) is 0 Å². The quantitative estimate of drug-likeness (QED) is 0.163. The number of rotatable bonds is 5. The van der Waals surface area contributed by atoms with Crippen LogP contribution in [0.25, 0.3) is 21.5 Å². The summed E-state index contributed by atoms with van der Waals surface area (Å²) < 4.78 is 0. The largest absolute Gasteiger partial charge is 0.311 e. The second kappa shape index (κ2) is 13.3. The van der Waals surface area contributed by atoms with E-state index in [0.717, 1.165) is 28.4 Å². The van der Waals surface area contributed by atoms with Gasteiger partial charge in [0.05, 0.1) is 5.69 Å². The van der Waals surface area contributed by atoms with Crippen molar-refractivity contribution in [2.75, 3.05) is 14.7 Å². The van der Waals surface area contributed by atoms with Crippen LogP contribution < -0.4 is 31.1 Å². The van der Waals surface area contributed by atoms with Crippen LogP contribution >= 0.6 is 0 Å². The zero-order chi connectivity index (χ0) is 39.1. The molecule has 9 aromatic carbocycles. The zero-order valence-electron chi connectivity index (χ0n) is 33.2. The second-order valence-electron chi connectivity index (χ2n) is 16.2. The van der Waals surface area contributed by atoms with Crippen molar-refractivity contribution in [3.8, 4) is 0 Å². The van der Waals surface area contributed by atoms with E-state index in [1.165, 1.54) is 82.9 Å². The fourth-order valence-electron chi connectivity index (χ4n) is 9.38. The molecule has 0 radical (unpaired) electrons. The van der Waals surface area contributed by atoms with Gasteiger partial charge in [-0.3, -0.25) is 0 Å². The highest BCUT2D eigenvalue weighted by Crippen LogP contribution is 2.48. The first-order valence-corrected chi connectivity index (χ1v) is 20.3. The molecule has 0 spiro atoms. The molecule has 0 atom stereocenters. The van der Waals surface area contributed by atoms with Crippen LogP contribution in [0.3, 0.4) is 0 Å². The molecule has 276 valence electrons. The number of hydrogen-bond acceptors (Lipinski definition) is 3. The van der Waals surface area contributed by atoms with Crippen LogP contribution in [0.4, 0.5) is 51.2 Å². The Balaban J connectivity index is 1.26. The predicted octanol–water partition coefficient (Wildman–Crippen LogP) is 12.8. The molecule has 0 aliphatic carbocycles. The molecule has 11 rings (SSSR count). The minimum absolute atomic E-state index is 0.0436. The summed E-state index contributed by atoms with van der Waals surface area (Å²) in [6.45, 7) is 8.82. The molecule has 0 amide bonds. The van der Waals surface area contributed by atoms with Crippen LogP contribution in [0.1, 0.15) is 22.3 Å². The van der Waals surface area contributed by atoms with E-state index in [1.807, 2.05) is 0 Å². The van der Waals surface area contributed by atoms with Crippen LogP contribution in [-0.4, -0.2) is 6.71 Å². The molecule has 0 bridgehead atoms. The molecule has 4 heteroatoms. The number of anilines is 9. The van der Waals surface area contributed by atoms with Gasteiger partial charge in [-0.25, -0.2) is 0 Å². The molecular formula is C54H42BN3. The highest BCUT2D eigenvalue weighted by atomic mass is 15.2. The molecule has 0 N–H and O–H groups in total. The summed E-state index contributed by atoms with van der Waals surface area (Å²) in [6, 6.07) is 68.1. The van der Waals surface area contributed by atoms with E-state index in [4.69, 9.17) is 0 Å². The van der Waals surface area contributed by atoms with E-state index < -0.39 is 0 Å². The van der Waals surface area contributed by atoms with Gasteiger partial charge in [-0.1, -0.05) is 131 Å². The molecule has 0 saturated carbocycles. The minimum Gasteiger partial charge on any atom is -0.311 e. The monoisotopic (exact) mass is 743 g/mol. The van der Waals surface area contributed by atoms with Crippen LogP contribution in [0.15, 0.2) is 182 Å². The fraction of sp³-hybridized carbons (Fsp3) is 0.0741. The SMILES string of the molecule is Cc1ccc(N2c3ccc(C)cc3B3c4cc(C)ccc4N(c4ccc(C)cc4)c4cc(N(c5ccc6ccccc6c5)c5ccc6ccccc6c5)cc2c43)cc1. The van der Waals surface area contributed by atoms with Crippen LogP contribution in [0, 0.1) is 27.7 Å². The topological polar surface area (TPSA) is 9.72 Å². The van der Waals surface area contributed by atoms with Crippen molar-refractivity contribution < 1.29 is 0 Å². The van der Waals surface area contributed by atoms with Crippen molar-refractivity contribution in [1.82, 2.24) is 0 Å². The first kappa shape index (κ1) is 34.2. The van der Waals surface area contributed by atoms with Gasteiger partial charge >= 0.3 is 0 Å². The van der Waals surface area contributed by atoms with E-state index >= 15 is 0 Å². The fourth-order valence-corrected chi connectivity index (χ4v) is 9.38. The number of aryl methyl sites for hydroxylation is 4. The van der Waals surface area contributed by atoms with Gasteiger partial charge in [-0.2, -0.15) is 0 Å². The van der Waals surface area contributed by atoms with Crippen molar-refractivity contribution in [1.29, 1.82) is 0 Å². The minimum atomic E-state index is 0.0436. The predicted molar refractivity (Wildman–Crippen MR) is 249 cm³/mol. The summed E-state index contributed by atoms with van der Waals surface area (Å²) in [7, 11) is 0. The summed E-state index contributed by atoms with van der Waals surface area (Å²) in [6.07, 6.45) is 0. The van der Waals surface area contributed by atoms with Gasteiger partial charge < -0.3 is 14.7 Å². The molecule has 2 aliphatic heterocycles. The summed E-state index contributed by atoms with van der Waals surface area (Å²) >= 11 is 0. The lowest BCUT2D eigenvalue weighted by molar-refractivity contribution is 1.22. The molecule has 58 heavy (non-hydrogen) atoms. The third-order valence-electron chi connectivity index (χ3n) is 12.2. The molecule has 0 saturated heterocycles.